The standard InChI is InChI=1S/C16H17N5O3/c1-11-6-8-17-15(14(11)21(23)24)19-12-4-2-5-13(10-12)20-9-3-7-18-16(20)22/h2,4-6,8,10H,3,7,9H2,1H3,(H,17,19)(H,18,22). The molecular weight excluding hydrogens is 310 g/mol. The largest absolute Gasteiger partial charge is 0.338 e. The Hall–Kier alpha value is -3.16. The van der Waals surface area contributed by atoms with Crippen molar-refractivity contribution in [2.75, 3.05) is 23.3 Å². The Balaban J connectivity index is 1.89. The summed E-state index contributed by atoms with van der Waals surface area (Å²) >= 11 is 0. The Morgan fingerprint density at radius 3 is 2.96 bits per heavy atom. The van der Waals surface area contributed by atoms with E-state index in [9.17, 15) is 14.9 Å². The first-order chi connectivity index (χ1) is 11.6. The first kappa shape index (κ1) is 15.7. The quantitative estimate of drug-likeness (QED) is 0.664. The van der Waals surface area contributed by atoms with Crippen LogP contribution in [-0.2, 0) is 0 Å². The highest BCUT2D eigenvalue weighted by Crippen LogP contribution is 2.30. The molecule has 2 N–H and O–H groups in total. The molecule has 8 heteroatoms. The van der Waals surface area contributed by atoms with Gasteiger partial charge in [-0.1, -0.05) is 6.07 Å². The number of rotatable bonds is 4. The van der Waals surface area contributed by atoms with Gasteiger partial charge in [0.25, 0.3) is 0 Å². The smallest absolute Gasteiger partial charge is 0.321 e. The molecule has 0 saturated carbocycles. The summed E-state index contributed by atoms with van der Waals surface area (Å²) in [6.45, 7) is 2.98. The number of pyridine rings is 1. The number of amides is 2. The van der Waals surface area contributed by atoms with E-state index in [1.54, 1.807) is 36.1 Å². The molecule has 1 aliphatic heterocycles. The summed E-state index contributed by atoms with van der Waals surface area (Å²) in [6.07, 6.45) is 2.39. The topological polar surface area (TPSA) is 100 Å². The van der Waals surface area contributed by atoms with Crippen LogP contribution in [0.1, 0.15) is 12.0 Å². The first-order valence-corrected chi connectivity index (χ1v) is 7.59. The van der Waals surface area contributed by atoms with Gasteiger partial charge in [-0.3, -0.25) is 15.0 Å². The van der Waals surface area contributed by atoms with Crippen LogP contribution in [0.25, 0.3) is 0 Å². The van der Waals surface area contributed by atoms with Gasteiger partial charge in [-0.2, -0.15) is 0 Å². The van der Waals surface area contributed by atoms with Crippen LogP contribution in [0.15, 0.2) is 36.5 Å². The fourth-order valence-corrected chi connectivity index (χ4v) is 2.64. The van der Waals surface area contributed by atoms with Crippen LogP contribution in [0.3, 0.4) is 0 Å². The number of benzene rings is 1. The van der Waals surface area contributed by atoms with Gasteiger partial charge < -0.3 is 10.6 Å². The third kappa shape index (κ3) is 3.12. The molecule has 0 atom stereocenters. The summed E-state index contributed by atoms with van der Waals surface area (Å²) in [4.78, 5) is 28.5. The van der Waals surface area contributed by atoms with Crippen LogP contribution >= 0.6 is 0 Å². The second-order valence-corrected chi connectivity index (χ2v) is 5.49. The summed E-state index contributed by atoms with van der Waals surface area (Å²) in [6, 6.07) is 8.63. The molecule has 24 heavy (non-hydrogen) atoms. The second-order valence-electron chi connectivity index (χ2n) is 5.49. The molecule has 8 nitrogen and oxygen atoms in total. The van der Waals surface area contributed by atoms with Gasteiger partial charge in [0.2, 0.25) is 5.82 Å². The van der Waals surface area contributed by atoms with Gasteiger partial charge in [0.15, 0.2) is 0 Å². The summed E-state index contributed by atoms with van der Waals surface area (Å²) < 4.78 is 0. The van der Waals surface area contributed by atoms with Crippen molar-refractivity contribution in [2.45, 2.75) is 13.3 Å². The van der Waals surface area contributed by atoms with Gasteiger partial charge >= 0.3 is 11.7 Å². The lowest BCUT2D eigenvalue weighted by Crippen LogP contribution is -2.46. The number of nitro groups is 1. The molecule has 0 spiro atoms. The van der Waals surface area contributed by atoms with E-state index in [1.807, 2.05) is 6.07 Å². The minimum absolute atomic E-state index is 0.0568. The zero-order valence-electron chi connectivity index (χ0n) is 13.2. The molecule has 2 heterocycles. The van der Waals surface area contributed by atoms with Crippen LogP contribution in [-0.4, -0.2) is 29.0 Å². The van der Waals surface area contributed by atoms with E-state index < -0.39 is 4.92 Å². The lowest BCUT2D eigenvalue weighted by molar-refractivity contribution is -0.384. The van der Waals surface area contributed by atoms with Gasteiger partial charge in [0, 0.05) is 36.2 Å². The SMILES string of the molecule is Cc1ccnc(Nc2cccc(N3CCCNC3=O)c2)c1[N+](=O)[O-]. The van der Waals surface area contributed by atoms with E-state index in [2.05, 4.69) is 15.6 Å². The van der Waals surface area contributed by atoms with Crippen molar-refractivity contribution in [2.24, 2.45) is 0 Å². The van der Waals surface area contributed by atoms with E-state index in [0.29, 0.717) is 24.3 Å². The third-order valence-electron chi connectivity index (χ3n) is 3.81. The molecule has 3 rings (SSSR count). The van der Waals surface area contributed by atoms with Crippen LogP contribution in [0, 0.1) is 17.0 Å². The highest BCUT2D eigenvalue weighted by atomic mass is 16.6. The Morgan fingerprint density at radius 2 is 2.21 bits per heavy atom. The van der Waals surface area contributed by atoms with Gasteiger partial charge in [0.1, 0.15) is 0 Å². The maximum absolute atomic E-state index is 11.9. The number of carbonyl (C=O) groups is 1. The Bertz CT molecular complexity index is 793. The highest BCUT2D eigenvalue weighted by Gasteiger charge is 2.21. The molecule has 0 unspecified atom stereocenters. The van der Waals surface area contributed by atoms with E-state index in [1.165, 1.54) is 6.20 Å². The molecule has 1 aromatic carbocycles. The molecule has 2 aromatic rings. The molecule has 1 saturated heterocycles. The van der Waals surface area contributed by atoms with E-state index in [0.717, 1.165) is 12.1 Å². The van der Waals surface area contributed by atoms with Gasteiger partial charge in [-0.05, 0) is 37.6 Å². The van der Waals surface area contributed by atoms with Crippen LogP contribution < -0.4 is 15.5 Å². The Kier molecular flexibility index (Phi) is 4.28. The summed E-state index contributed by atoms with van der Waals surface area (Å²) in [7, 11) is 0. The lowest BCUT2D eigenvalue weighted by atomic mass is 10.2. The zero-order valence-corrected chi connectivity index (χ0v) is 13.2. The van der Waals surface area contributed by atoms with E-state index in [4.69, 9.17) is 0 Å². The number of hydrogen-bond donors (Lipinski definition) is 2. The van der Waals surface area contributed by atoms with E-state index >= 15 is 0 Å². The minimum Gasteiger partial charge on any atom is -0.338 e. The van der Waals surface area contributed by atoms with Crippen molar-refractivity contribution in [1.29, 1.82) is 0 Å². The van der Waals surface area contributed by atoms with Gasteiger partial charge in [0.05, 0.1) is 4.92 Å². The monoisotopic (exact) mass is 327 g/mol. The maximum Gasteiger partial charge on any atom is 0.321 e. The summed E-state index contributed by atoms with van der Waals surface area (Å²) in [5, 5.41) is 17.0. The number of nitrogens with zero attached hydrogens (tertiary/aromatic N) is 3. The normalized spacial score (nSPS) is 14.2. The first-order valence-electron chi connectivity index (χ1n) is 7.59. The maximum atomic E-state index is 11.9. The van der Waals surface area contributed by atoms with Crippen molar-refractivity contribution in [3.63, 3.8) is 0 Å². The molecule has 0 radical (unpaired) electrons. The number of carbonyl (C=O) groups excluding carboxylic acids is 1. The molecule has 124 valence electrons. The van der Waals surface area contributed by atoms with Gasteiger partial charge in [-0.25, -0.2) is 9.78 Å². The molecule has 1 fully saturated rings. The zero-order chi connectivity index (χ0) is 17.1. The number of anilines is 3. The van der Waals surface area contributed by atoms with Gasteiger partial charge in [-0.15, -0.1) is 0 Å². The fourth-order valence-electron chi connectivity index (χ4n) is 2.64. The van der Waals surface area contributed by atoms with Crippen LogP contribution in [0.5, 0.6) is 0 Å². The molecule has 1 aliphatic rings. The average molecular weight is 327 g/mol. The van der Waals surface area contributed by atoms with Crippen molar-refractivity contribution >= 4 is 28.9 Å². The number of nitrogens with one attached hydrogen (secondary N) is 2. The molecule has 2 amide bonds. The van der Waals surface area contributed by atoms with Crippen LogP contribution in [0.2, 0.25) is 0 Å². The molecular formula is C16H17N5O3. The highest BCUT2D eigenvalue weighted by molar-refractivity contribution is 5.93. The number of aromatic nitrogens is 1. The molecule has 0 bridgehead atoms. The molecule has 0 aliphatic carbocycles. The minimum atomic E-state index is -0.452. The van der Waals surface area contributed by atoms with Crippen molar-refractivity contribution in [1.82, 2.24) is 10.3 Å². The fraction of sp³-hybridized carbons (Fsp3) is 0.250. The summed E-state index contributed by atoms with van der Waals surface area (Å²) in [5.41, 5.74) is 1.84. The number of hydrogen-bond acceptors (Lipinski definition) is 5. The Labute approximate surface area is 138 Å². The second kappa shape index (κ2) is 6.53. The van der Waals surface area contributed by atoms with Crippen molar-refractivity contribution in [3.8, 4) is 0 Å². The summed E-state index contributed by atoms with van der Waals surface area (Å²) in [5.74, 6) is 0.181. The predicted molar refractivity (Wildman–Crippen MR) is 90.7 cm³/mol. The average Bonchev–Trinajstić information content (AvgIpc) is 2.55. The third-order valence-corrected chi connectivity index (χ3v) is 3.81. The number of aryl methyl sites for hydroxylation is 1. The number of urea groups is 1. The lowest BCUT2D eigenvalue weighted by Gasteiger charge is -2.27. The predicted octanol–water partition coefficient (Wildman–Crippen LogP) is 2.96. The molecule has 1 aromatic heterocycles. The Morgan fingerprint density at radius 1 is 1.38 bits per heavy atom. The van der Waals surface area contributed by atoms with Crippen molar-refractivity contribution < 1.29 is 9.72 Å². The van der Waals surface area contributed by atoms with Crippen molar-refractivity contribution in [3.05, 3.63) is 52.2 Å². The van der Waals surface area contributed by atoms with E-state index in [-0.39, 0.29) is 17.5 Å². The van der Waals surface area contributed by atoms with Crippen LogP contribution in [0.4, 0.5) is 27.7 Å².